The number of hydrogen-bond acceptors (Lipinski definition) is 6. The van der Waals surface area contributed by atoms with Gasteiger partial charge < -0.3 is 14.2 Å². The van der Waals surface area contributed by atoms with Gasteiger partial charge in [0.2, 0.25) is 6.79 Å². The number of ketones is 1. The fourth-order valence-electron chi connectivity index (χ4n) is 5.22. The predicted molar refractivity (Wildman–Crippen MR) is 128 cm³/mol. The van der Waals surface area contributed by atoms with Crippen LogP contribution in [0.1, 0.15) is 50.7 Å². The number of nitrogens with zero attached hydrogens (tertiary/aromatic N) is 1. The molecule has 176 valence electrons. The van der Waals surface area contributed by atoms with Gasteiger partial charge in [-0.05, 0) is 42.0 Å². The first-order valence-corrected chi connectivity index (χ1v) is 11.7. The second kappa shape index (κ2) is 8.75. The monoisotopic (exact) mass is 459 g/mol. The first-order valence-electron chi connectivity index (χ1n) is 11.7. The van der Waals surface area contributed by atoms with E-state index in [9.17, 15) is 9.59 Å². The third kappa shape index (κ3) is 4.25. The van der Waals surface area contributed by atoms with Crippen LogP contribution < -0.4 is 9.47 Å². The molecule has 34 heavy (non-hydrogen) atoms. The summed E-state index contributed by atoms with van der Waals surface area (Å²) in [6, 6.07) is 15.6. The molecule has 0 N–H and O–H groups in total. The number of carbonyl (C=O) groups is 2. The van der Waals surface area contributed by atoms with Crippen molar-refractivity contribution in [1.82, 2.24) is 0 Å². The van der Waals surface area contributed by atoms with Crippen molar-refractivity contribution in [3.05, 3.63) is 70.9 Å². The minimum atomic E-state index is -0.667. The second-order valence-electron chi connectivity index (χ2n) is 10.0. The molecule has 0 spiro atoms. The fraction of sp³-hybridized carbons (Fsp3) is 0.393. The molecule has 2 atom stereocenters. The minimum Gasteiger partial charge on any atom is -0.465 e. The molecule has 1 aliphatic carbocycles. The second-order valence-corrected chi connectivity index (χ2v) is 10.0. The van der Waals surface area contributed by atoms with E-state index in [1.165, 1.54) is 0 Å². The van der Waals surface area contributed by atoms with Crippen molar-refractivity contribution < 1.29 is 23.8 Å². The van der Waals surface area contributed by atoms with Gasteiger partial charge >= 0.3 is 5.97 Å². The number of carbonyl (C=O) groups excluding carboxylic acids is 2. The molecule has 2 aromatic carbocycles. The number of benzene rings is 2. The molecule has 6 heteroatoms. The molecule has 2 aliphatic heterocycles. The van der Waals surface area contributed by atoms with Crippen molar-refractivity contribution in [2.45, 2.75) is 46.0 Å². The van der Waals surface area contributed by atoms with Gasteiger partial charge in [0, 0.05) is 35.7 Å². The zero-order chi connectivity index (χ0) is 23.9. The number of Topliss-reactive ketones (excluding diaryl/α,β-unsaturated/α-hetero) is 1. The Bertz CT molecular complexity index is 1190. The SMILES string of the molecule is CC1=NC2=C(C(=O)CC(C)(C)C2)[C@@H](c2ccc3c(c2)OCO3)C1C(=O)OCCc1ccccc1. The third-order valence-electron chi connectivity index (χ3n) is 6.79. The summed E-state index contributed by atoms with van der Waals surface area (Å²) in [5.74, 6) is -0.150. The Kier molecular flexibility index (Phi) is 5.76. The minimum absolute atomic E-state index is 0.0484. The van der Waals surface area contributed by atoms with Crippen LogP contribution in [0.15, 0.2) is 64.8 Å². The maximum Gasteiger partial charge on any atom is 0.315 e. The van der Waals surface area contributed by atoms with Gasteiger partial charge in [-0.25, -0.2) is 0 Å². The van der Waals surface area contributed by atoms with E-state index in [1.807, 2.05) is 55.5 Å². The number of hydrogen-bond donors (Lipinski definition) is 0. The molecule has 0 aromatic heterocycles. The number of allylic oxidation sites excluding steroid dienone is 2. The van der Waals surface area contributed by atoms with E-state index in [0.717, 1.165) is 16.8 Å². The average Bonchev–Trinajstić information content (AvgIpc) is 3.26. The van der Waals surface area contributed by atoms with E-state index in [1.54, 1.807) is 0 Å². The molecule has 6 nitrogen and oxygen atoms in total. The van der Waals surface area contributed by atoms with Gasteiger partial charge in [0.15, 0.2) is 17.3 Å². The number of fused-ring (bicyclic) bond motifs is 1. The molecular weight excluding hydrogens is 430 g/mol. The number of ether oxygens (including phenoxy) is 3. The largest absolute Gasteiger partial charge is 0.465 e. The summed E-state index contributed by atoms with van der Waals surface area (Å²) in [5.41, 5.74) is 3.87. The maximum absolute atomic E-state index is 13.4. The molecule has 0 radical (unpaired) electrons. The Morgan fingerprint density at radius 2 is 1.85 bits per heavy atom. The first kappa shape index (κ1) is 22.4. The van der Waals surface area contributed by atoms with E-state index in [2.05, 4.69) is 13.8 Å². The molecule has 0 saturated heterocycles. The molecule has 5 rings (SSSR count). The van der Waals surface area contributed by atoms with Gasteiger partial charge in [-0.3, -0.25) is 14.6 Å². The molecule has 0 saturated carbocycles. The van der Waals surface area contributed by atoms with E-state index in [4.69, 9.17) is 19.2 Å². The summed E-state index contributed by atoms with van der Waals surface area (Å²) in [7, 11) is 0. The highest BCUT2D eigenvalue weighted by Crippen LogP contribution is 2.49. The van der Waals surface area contributed by atoms with Crippen molar-refractivity contribution in [2.24, 2.45) is 16.3 Å². The van der Waals surface area contributed by atoms with E-state index in [-0.39, 0.29) is 30.6 Å². The van der Waals surface area contributed by atoms with Crippen LogP contribution >= 0.6 is 0 Å². The lowest BCUT2D eigenvalue weighted by Gasteiger charge is -2.39. The third-order valence-corrected chi connectivity index (χ3v) is 6.79. The Hall–Kier alpha value is -3.41. The van der Waals surface area contributed by atoms with Crippen LogP contribution in [0.2, 0.25) is 0 Å². The Morgan fingerprint density at radius 3 is 2.65 bits per heavy atom. The number of rotatable bonds is 5. The van der Waals surface area contributed by atoms with E-state index in [0.29, 0.717) is 42.0 Å². The van der Waals surface area contributed by atoms with Crippen LogP contribution in [0.5, 0.6) is 11.5 Å². The van der Waals surface area contributed by atoms with Crippen molar-refractivity contribution in [3.8, 4) is 11.5 Å². The van der Waals surface area contributed by atoms with Crippen molar-refractivity contribution in [2.75, 3.05) is 13.4 Å². The van der Waals surface area contributed by atoms with Crippen molar-refractivity contribution in [1.29, 1.82) is 0 Å². The first-order chi connectivity index (χ1) is 16.3. The molecule has 3 aliphatic rings. The number of aliphatic imine (C=N–C) groups is 1. The van der Waals surface area contributed by atoms with Crippen LogP contribution in [-0.2, 0) is 20.7 Å². The summed E-state index contributed by atoms with van der Waals surface area (Å²) in [6.07, 6.45) is 1.75. The van der Waals surface area contributed by atoms with Crippen molar-refractivity contribution >= 4 is 17.5 Å². The summed E-state index contributed by atoms with van der Waals surface area (Å²) in [6.45, 7) is 6.46. The topological polar surface area (TPSA) is 74.2 Å². The van der Waals surface area contributed by atoms with Gasteiger partial charge in [-0.2, -0.15) is 0 Å². The Balaban J connectivity index is 1.48. The van der Waals surface area contributed by atoms with Crippen LogP contribution in [-0.4, -0.2) is 30.9 Å². The van der Waals surface area contributed by atoms with Crippen LogP contribution in [0.3, 0.4) is 0 Å². The van der Waals surface area contributed by atoms with Gasteiger partial charge in [-0.1, -0.05) is 50.2 Å². The normalized spacial score (nSPS) is 22.8. The molecule has 0 amide bonds. The zero-order valence-corrected chi connectivity index (χ0v) is 19.8. The lowest BCUT2D eigenvalue weighted by atomic mass is 9.67. The smallest absolute Gasteiger partial charge is 0.315 e. The average molecular weight is 460 g/mol. The lowest BCUT2D eigenvalue weighted by molar-refractivity contribution is -0.146. The van der Waals surface area contributed by atoms with E-state index < -0.39 is 11.8 Å². The lowest BCUT2D eigenvalue weighted by Crippen LogP contribution is -2.39. The molecular formula is C28H29NO5. The summed E-state index contributed by atoms with van der Waals surface area (Å²) < 4.78 is 16.8. The summed E-state index contributed by atoms with van der Waals surface area (Å²) >= 11 is 0. The fourth-order valence-corrected chi connectivity index (χ4v) is 5.22. The summed E-state index contributed by atoms with van der Waals surface area (Å²) in [4.78, 5) is 31.6. The quantitative estimate of drug-likeness (QED) is 0.587. The zero-order valence-electron chi connectivity index (χ0n) is 19.8. The van der Waals surface area contributed by atoms with Gasteiger partial charge in [0.1, 0.15) is 5.92 Å². The molecule has 2 heterocycles. The molecule has 1 unspecified atom stereocenters. The molecule has 2 aromatic rings. The molecule has 0 bridgehead atoms. The number of esters is 1. The Morgan fingerprint density at radius 1 is 1.09 bits per heavy atom. The van der Waals surface area contributed by atoms with Gasteiger partial charge in [-0.15, -0.1) is 0 Å². The highest BCUT2D eigenvalue weighted by molar-refractivity contribution is 6.09. The van der Waals surface area contributed by atoms with Crippen molar-refractivity contribution in [3.63, 3.8) is 0 Å². The maximum atomic E-state index is 13.4. The molecule has 0 fully saturated rings. The van der Waals surface area contributed by atoms with Gasteiger partial charge in [0.05, 0.1) is 6.61 Å². The Labute approximate surface area is 199 Å². The van der Waals surface area contributed by atoms with E-state index >= 15 is 0 Å². The predicted octanol–water partition coefficient (Wildman–Crippen LogP) is 5.02. The van der Waals surface area contributed by atoms with Crippen LogP contribution in [0.25, 0.3) is 0 Å². The highest BCUT2D eigenvalue weighted by Gasteiger charge is 2.46. The standard InChI is InChI=1S/C28H29NO5/c1-17-24(27(31)32-12-11-18-7-5-4-6-8-18)25(19-9-10-22-23(13-19)34-16-33-22)26-20(29-17)14-28(2,3)15-21(26)30/h4-10,13,24-25H,11-12,14-16H2,1-3H3/t24?,25-/m0/s1. The summed E-state index contributed by atoms with van der Waals surface area (Å²) in [5, 5.41) is 0. The van der Waals surface area contributed by atoms with Crippen LogP contribution in [0.4, 0.5) is 0 Å². The highest BCUT2D eigenvalue weighted by atomic mass is 16.7. The van der Waals surface area contributed by atoms with Gasteiger partial charge in [0.25, 0.3) is 0 Å². The van der Waals surface area contributed by atoms with Crippen LogP contribution in [0, 0.1) is 11.3 Å².